The molecule has 1 saturated heterocycles. The van der Waals surface area contributed by atoms with Gasteiger partial charge in [-0.25, -0.2) is 8.42 Å². The van der Waals surface area contributed by atoms with Gasteiger partial charge < -0.3 is 15.4 Å². The van der Waals surface area contributed by atoms with Gasteiger partial charge in [0.25, 0.3) is 5.91 Å². The van der Waals surface area contributed by atoms with Gasteiger partial charge in [0, 0.05) is 25.2 Å². The monoisotopic (exact) mass is 441 g/mol. The minimum absolute atomic E-state index is 0.00656. The predicted octanol–water partition coefficient (Wildman–Crippen LogP) is 2.13. The number of piperidine rings is 1. The predicted molar refractivity (Wildman–Crippen MR) is 107 cm³/mol. The zero-order chi connectivity index (χ0) is 20.6. The van der Waals surface area contributed by atoms with Crippen LogP contribution in [-0.4, -0.2) is 50.3 Å². The van der Waals surface area contributed by atoms with Gasteiger partial charge in [-0.1, -0.05) is 24.4 Å². The van der Waals surface area contributed by atoms with Crippen LogP contribution in [0, 0.1) is 5.92 Å². The fourth-order valence-electron chi connectivity index (χ4n) is 4.18. The fraction of sp³-hybridized carbons (Fsp3) is 0.579. The normalized spacial score (nSPS) is 23.2. The van der Waals surface area contributed by atoms with Gasteiger partial charge >= 0.3 is 0 Å². The number of halogens is 1. The van der Waals surface area contributed by atoms with Crippen molar-refractivity contribution >= 4 is 39.1 Å². The van der Waals surface area contributed by atoms with Gasteiger partial charge in [-0.3, -0.25) is 9.59 Å². The number of fused-ring (bicyclic) bond motifs is 1. The number of ether oxygens (including phenoxy) is 1. The van der Waals surface area contributed by atoms with Gasteiger partial charge in [0.2, 0.25) is 15.9 Å². The molecule has 1 aliphatic carbocycles. The molecule has 10 heteroatoms. The Kier molecular flexibility index (Phi) is 5.72. The number of nitrogens with zero attached hydrogens (tertiary/aromatic N) is 1. The Labute approximate surface area is 175 Å². The van der Waals surface area contributed by atoms with Crippen molar-refractivity contribution < 1.29 is 22.7 Å². The van der Waals surface area contributed by atoms with E-state index in [9.17, 15) is 18.0 Å². The summed E-state index contributed by atoms with van der Waals surface area (Å²) in [5.74, 6) is -0.498. The van der Waals surface area contributed by atoms with Crippen LogP contribution in [0.4, 0.5) is 5.69 Å². The molecule has 2 fully saturated rings. The van der Waals surface area contributed by atoms with E-state index in [1.807, 2.05) is 0 Å². The first kappa shape index (κ1) is 20.4. The molecule has 8 nitrogen and oxygen atoms in total. The highest BCUT2D eigenvalue weighted by molar-refractivity contribution is 7.89. The summed E-state index contributed by atoms with van der Waals surface area (Å²) >= 11 is 6.23. The molecule has 1 aromatic carbocycles. The third kappa shape index (κ3) is 4.22. The zero-order valence-electron chi connectivity index (χ0n) is 15.9. The number of hydrogen-bond donors (Lipinski definition) is 2. The summed E-state index contributed by atoms with van der Waals surface area (Å²) < 4.78 is 33.1. The molecule has 158 valence electrons. The quantitative estimate of drug-likeness (QED) is 0.744. The Morgan fingerprint density at radius 3 is 2.72 bits per heavy atom. The molecule has 1 saturated carbocycles. The summed E-state index contributed by atoms with van der Waals surface area (Å²) in [6.07, 6.45) is 5.49. The maximum absolute atomic E-state index is 13.2. The maximum Gasteiger partial charge on any atom is 0.262 e. The summed E-state index contributed by atoms with van der Waals surface area (Å²) in [5.41, 5.74) is 0.345. The number of carbonyl (C=O) groups excluding carboxylic acids is 2. The Bertz CT molecular complexity index is 930. The minimum Gasteiger partial charge on any atom is -0.482 e. The van der Waals surface area contributed by atoms with Gasteiger partial charge in [-0.15, -0.1) is 0 Å². The second-order valence-electron chi connectivity index (χ2n) is 7.81. The zero-order valence-corrected chi connectivity index (χ0v) is 17.5. The molecule has 3 aliphatic rings. The molecule has 4 rings (SSSR count). The third-order valence-electron chi connectivity index (χ3n) is 5.74. The fourth-order valence-corrected chi connectivity index (χ4v) is 6.22. The molecular formula is C19H24ClN3O5S. The van der Waals surface area contributed by atoms with Crippen molar-refractivity contribution in [3.63, 3.8) is 0 Å². The topological polar surface area (TPSA) is 105 Å². The molecule has 0 spiro atoms. The van der Waals surface area contributed by atoms with Gasteiger partial charge in [-0.2, -0.15) is 4.31 Å². The second kappa shape index (κ2) is 8.12. The second-order valence-corrected chi connectivity index (χ2v) is 10.1. The molecule has 2 heterocycles. The first-order valence-corrected chi connectivity index (χ1v) is 11.7. The van der Waals surface area contributed by atoms with Crippen LogP contribution in [0.2, 0.25) is 5.02 Å². The number of amides is 2. The van der Waals surface area contributed by atoms with Crippen LogP contribution in [-0.2, 0) is 19.6 Å². The van der Waals surface area contributed by atoms with E-state index in [4.69, 9.17) is 16.3 Å². The van der Waals surface area contributed by atoms with Crippen molar-refractivity contribution in [2.45, 2.75) is 49.5 Å². The van der Waals surface area contributed by atoms with E-state index < -0.39 is 10.0 Å². The first-order valence-electron chi connectivity index (χ1n) is 9.91. The van der Waals surface area contributed by atoms with Crippen LogP contribution in [0.5, 0.6) is 5.75 Å². The first-order chi connectivity index (χ1) is 13.8. The molecule has 0 bridgehead atoms. The number of benzene rings is 1. The van der Waals surface area contributed by atoms with Gasteiger partial charge in [0.15, 0.2) is 6.61 Å². The van der Waals surface area contributed by atoms with Crippen LogP contribution < -0.4 is 15.4 Å². The molecule has 1 atom stereocenters. The SMILES string of the molecule is O=C1COc2cc(S(=O)(=O)N3CCC[C@@H](C(=O)NC4CCCC4)C3)c(Cl)cc2N1. The smallest absolute Gasteiger partial charge is 0.262 e. The van der Waals surface area contributed by atoms with E-state index >= 15 is 0 Å². The van der Waals surface area contributed by atoms with Crippen LogP contribution in [0.25, 0.3) is 0 Å². The highest BCUT2D eigenvalue weighted by Gasteiger charge is 2.36. The van der Waals surface area contributed by atoms with E-state index in [0.717, 1.165) is 25.7 Å². The van der Waals surface area contributed by atoms with Crippen molar-refractivity contribution in [2.75, 3.05) is 25.0 Å². The number of sulfonamides is 1. The van der Waals surface area contributed by atoms with E-state index in [1.165, 1.54) is 16.4 Å². The van der Waals surface area contributed by atoms with E-state index in [2.05, 4.69) is 10.6 Å². The number of anilines is 1. The summed E-state index contributed by atoms with van der Waals surface area (Å²) in [6.45, 7) is 0.285. The van der Waals surface area contributed by atoms with Crippen molar-refractivity contribution in [3.8, 4) is 5.75 Å². The minimum atomic E-state index is -3.90. The molecule has 2 amide bonds. The molecule has 0 unspecified atom stereocenters. The summed E-state index contributed by atoms with van der Waals surface area (Å²) in [5, 5.41) is 5.68. The lowest BCUT2D eigenvalue weighted by Crippen LogP contribution is -2.47. The van der Waals surface area contributed by atoms with Gasteiger partial charge in [0.1, 0.15) is 10.6 Å². The van der Waals surface area contributed by atoms with E-state index in [1.54, 1.807) is 0 Å². The average molecular weight is 442 g/mol. The van der Waals surface area contributed by atoms with Crippen molar-refractivity contribution in [3.05, 3.63) is 17.2 Å². The van der Waals surface area contributed by atoms with E-state index in [0.29, 0.717) is 25.1 Å². The summed E-state index contributed by atoms with van der Waals surface area (Å²) in [4.78, 5) is 24.0. The standard InChI is InChI=1S/C19H24ClN3O5S/c20-14-8-15-16(28-11-18(24)22-15)9-17(14)29(26,27)23-7-3-4-12(10-23)19(25)21-13-5-1-2-6-13/h8-9,12-13H,1-7,10-11H2,(H,21,25)(H,22,24)/t12-/m1/s1. The number of carbonyl (C=O) groups is 2. The molecule has 0 radical (unpaired) electrons. The number of hydrogen-bond acceptors (Lipinski definition) is 5. The van der Waals surface area contributed by atoms with Crippen molar-refractivity contribution in [1.29, 1.82) is 0 Å². The Morgan fingerprint density at radius 2 is 1.97 bits per heavy atom. The number of rotatable bonds is 4. The van der Waals surface area contributed by atoms with Crippen LogP contribution >= 0.6 is 11.6 Å². The van der Waals surface area contributed by atoms with E-state index in [-0.39, 0.29) is 52.6 Å². The Morgan fingerprint density at radius 1 is 1.21 bits per heavy atom. The average Bonchev–Trinajstić information content (AvgIpc) is 3.20. The Balaban J connectivity index is 1.52. The number of nitrogens with one attached hydrogen (secondary N) is 2. The highest BCUT2D eigenvalue weighted by atomic mass is 35.5. The molecule has 2 aliphatic heterocycles. The highest BCUT2D eigenvalue weighted by Crippen LogP contribution is 2.37. The third-order valence-corrected chi connectivity index (χ3v) is 8.07. The molecule has 29 heavy (non-hydrogen) atoms. The lowest BCUT2D eigenvalue weighted by atomic mass is 9.98. The lowest BCUT2D eigenvalue weighted by Gasteiger charge is -2.32. The molecular weight excluding hydrogens is 418 g/mol. The summed E-state index contributed by atoms with van der Waals surface area (Å²) in [6, 6.07) is 2.93. The summed E-state index contributed by atoms with van der Waals surface area (Å²) in [7, 11) is -3.90. The van der Waals surface area contributed by atoms with Crippen LogP contribution in [0.1, 0.15) is 38.5 Å². The van der Waals surface area contributed by atoms with Crippen LogP contribution in [0.15, 0.2) is 17.0 Å². The van der Waals surface area contributed by atoms with Crippen molar-refractivity contribution in [2.24, 2.45) is 5.92 Å². The molecule has 0 aromatic heterocycles. The van der Waals surface area contributed by atoms with Gasteiger partial charge in [0.05, 0.1) is 16.6 Å². The van der Waals surface area contributed by atoms with Crippen LogP contribution in [0.3, 0.4) is 0 Å². The maximum atomic E-state index is 13.2. The molecule has 2 N–H and O–H groups in total. The van der Waals surface area contributed by atoms with Gasteiger partial charge in [-0.05, 0) is 31.7 Å². The van der Waals surface area contributed by atoms with Crippen molar-refractivity contribution in [1.82, 2.24) is 9.62 Å². The molecule has 1 aromatic rings. The lowest BCUT2D eigenvalue weighted by molar-refractivity contribution is -0.126. The Hall–Kier alpha value is -1.84. The largest absolute Gasteiger partial charge is 0.482 e.